The number of carbonyl (C=O) groups excluding carboxylic acids is 2. The van der Waals surface area contributed by atoms with Gasteiger partial charge < -0.3 is 10.1 Å². The topological polar surface area (TPSA) is 58.6 Å². The average molecular weight is 430 g/mol. The van der Waals surface area contributed by atoms with Gasteiger partial charge in [-0.3, -0.25) is 9.59 Å². The molecule has 0 unspecified atom stereocenters. The Bertz CT molecular complexity index is 1200. The number of methoxy groups -OCH3 is 1. The van der Waals surface area contributed by atoms with Crippen LogP contribution in [0.25, 0.3) is 5.57 Å². The Morgan fingerprint density at radius 2 is 1.53 bits per heavy atom. The van der Waals surface area contributed by atoms with Crippen molar-refractivity contribution in [1.29, 1.82) is 0 Å². The molecule has 6 heteroatoms. The Labute approximate surface area is 186 Å². The molecule has 0 fully saturated rings. The van der Waals surface area contributed by atoms with Crippen molar-refractivity contribution in [3.05, 3.63) is 95.4 Å². The fourth-order valence-electron chi connectivity index (χ4n) is 3.62. The van der Waals surface area contributed by atoms with E-state index < -0.39 is 17.6 Å². The third kappa shape index (κ3) is 3.87. The van der Waals surface area contributed by atoms with Crippen molar-refractivity contribution >= 4 is 28.8 Å². The molecule has 3 aromatic rings. The van der Waals surface area contributed by atoms with Crippen LogP contribution in [0.1, 0.15) is 30.9 Å². The third-order valence-corrected chi connectivity index (χ3v) is 5.40. The van der Waals surface area contributed by atoms with Crippen LogP contribution in [0.3, 0.4) is 0 Å². The number of hydrogen-bond acceptors (Lipinski definition) is 4. The maximum Gasteiger partial charge on any atom is 0.282 e. The summed E-state index contributed by atoms with van der Waals surface area (Å²) in [5, 5.41) is 3.10. The number of hydrogen-bond donors (Lipinski definition) is 1. The Kier molecular flexibility index (Phi) is 5.77. The number of carbonyl (C=O) groups is 2. The largest absolute Gasteiger partial charge is 0.497 e. The highest BCUT2D eigenvalue weighted by Gasteiger charge is 2.41. The third-order valence-electron chi connectivity index (χ3n) is 5.40. The molecule has 0 aliphatic carbocycles. The molecule has 0 saturated heterocycles. The van der Waals surface area contributed by atoms with Crippen LogP contribution in [-0.4, -0.2) is 18.9 Å². The molecular weight excluding hydrogens is 407 g/mol. The summed E-state index contributed by atoms with van der Waals surface area (Å²) in [6.07, 6.45) is 0. The molecule has 1 aliphatic heterocycles. The second kappa shape index (κ2) is 8.67. The minimum absolute atomic E-state index is 0.0829. The molecule has 0 atom stereocenters. The lowest BCUT2D eigenvalue weighted by Crippen LogP contribution is -2.33. The number of anilines is 2. The number of benzene rings is 3. The Hall–Kier alpha value is -3.93. The van der Waals surface area contributed by atoms with E-state index in [4.69, 9.17) is 4.74 Å². The fourth-order valence-corrected chi connectivity index (χ4v) is 3.62. The zero-order valence-electron chi connectivity index (χ0n) is 18.1. The normalized spacial score (nSPS) is 13.8. The first kappa shape index (κ1) is 21.3. The molecule has 2 amide bonds. The van der Waals surface area contributed by atoms with Gasteiger partial charge in [-0.25, -0.2) is 9.29 Å². The first-order valence-corrected chi connectivity index (χ1v) is 10.3. The van der Waals surface area contributed by atoms with Gasteiger partial charge in [0.2, 0.25) is 0 Å². The lowest BCUT2D eigenvalue weighted by Gasteiger charge is -2.16. The van der Waals surface area contributed by atoms with Crippen molar-refractivity contribution in [3.63, 3.8) is 0 Å². The van der Waals surface area contributed by atoms with Gasteiger partial charge in [0, 0.05) is 5.69 Å². The van der Waals surface area contributed by atoms with Gasteiger partial charge in [-0.05, 0) is 53.4 Å². The molecule has 1 aliphatic rings. The van der Waals surface area contributed by atoms with E-state index in [0.717, 1.165) is 10.5 Å². The van der Waals surface area contributed by atoms with E-state index in [1.165, 1.54) is 18.2 Å². The first-order valence-electron chi connectivity index (χ1n) is 10.3. The van der Waals surface area contributed by atoms with E-state index in [1.54, 1.807) is 37.4 Å². The number of ether oxygens (including phenoxy) is 1. The molecule has 1 heterocycles. The predicted molar refractivity (Wildman–Crippen MR) is 123 cm³/mol. The first-order chi connectivity index (χ1) is 15.4. The SMILES string of the molecule is COc1ccc(C2=C(Nc3ccc(C(C)C)cc3)C(=O)N(c3ccccc3F)C2=O)cc1. The lowest BCUT2D eigenvalue weighted by atomic mass is 10.0. The predicted octanol–water partition coefficient (Wildman–Crippen LogP) is 5.35. The number of para-hydroxylation sites is 1. The van der Waals surface area contributed by atoms with Gasteiger partial charge in [0.15, 0.2) is 0 Å². The van der Waals surface area contributed by atoms with E-state index >= 15 is 0 Å². The maximum atomic E-state index is 14.5. The van der Waals surface area contributed by atoms with Gasteiger partial charge >= 0.3 is 0 Å². The summed E-state index contributed by atoms with van der Waals surface area (Å²) >= 11 is 0. The number of nitrogens with zero attached hydrogens (tertiary/aromatic N) is 1. The molecule has 0 aromatic heterocycles. The van der Waals surface area contributed by atoms with E-state index in [1.807, 2.05) is 24.3 Å². The van der Waals surface area contributed by atoms with Crippen LogP contribution in [0.4, 0.5) is 15.8 Å². The van der Waals surface area contributed by atoms with E-state index in [2.05, 4.69) is 19.2 Å². The van der Waals surface area contributed by atoms with Gasteiger partial charge in [-0.2, -0.15) is 0 Å². The highest BCUT2D eigenvalue weighted by Crippen LogP contribution is 2.35. The summed E-state index contributed by atoms with van der Waals surface area (Å²) in [5.74, 6) is -0.864. The molecule has 5 nitrogen and oxygen atoms in total. The fraction of sp³-hybridized carbons (Fsp3) is 0.154. The van der Waals surface area contributed by atoms with Crippen LogP contribution in [-0.2, 0) is 9.59 Å². The van der Waals surface area contributed by atoms with E-state index in [0.29, 0.717) is 22.9 Å². The molecule has 3 aromatic carbocycles. The van der Waals surface area contributed by atoms with Crippen LogP contribution in [0, 0.1) is 5.82 Å². The molecule has 1 N–H and O–H groups in total. The number of halogens is 1. The molecule has 32 heavy (non-hydrogen) atoms. The molecule has 4 rings (SSSR count). The van der Waals surface area contributed by atoms with Crippen LogP contribution in [0.5, 0.6) is 5.75 Å². The number of nitrogens with one attached hydrogen (secondary N) is 1. The van der Waals surface area contributed by atoms with E-state index in [-0.39, 0.29) is 17.0 Å². The zero-order chi connectivity index (χ0) is 22.8. The zero-order valence-corrected chi connectivity index (χ0v) is 18.1. The van der Waals surface area contributed by atoms with Crippen molar-refractivity contribution in [3.8, 4) is 5.75 Å². The van der Waals surface area contributed by atoms with Crippen LogP contribution in [0.2, 0.25) is 0 Å². The van der Waals surface area contributed by atoms with Gasteiger partial charge in [0.05, 0.1) is 18.4 Å². The lowest BCUT2D eigenvalue weighted by molar-refractivity contribution is -0.120. The average Bonchev–Trinajstić information content (AvgIpc) is 3.04. The Balaban J connectivity index is 1.79. The van der Waals surface area contributed by atoms with E-state index in [9.17, 15) is 14.0 Å². The molecular formula is C26H23FN2O3. The van der Waals surface area contributed by atoms with Crippen LogP contribution >= 0.6 is 0 Å². The van der Waals surface area contributed by atoms with Crippen molar-refractivity contribution in [2.45, 2.75) is 19.8 Å². The number of imide groups is 1. The summed E-state index contributed by atoms with van der Waals surface area (Å²) < 4.78 is 19.7. The minimum atomic E-state index is -0.647. The van der Waals surface area contributed by atoms with Crippen molar-refractivity contribution < 1.29 is 18.7 Å². The maximum absolute atomic E-state index is 14.5. The number of rotatable bonds is 6. The molecule has 162 valence electrons. The van der Waals surface area contributed by atoms with Crippen molar-refractivity contribution in [2.75, 3.05) is 17.3 Å². The monoisotopic (exact) mass is 430 g/mol. The summed E-state index contributed by atoms with van der Waals surface area (Å²) in [4.78, 5) is 27.6. The quantitative estimate of drug-likeness (QED) is 0.536. The van der Waals surface area contributed by atoms with Gasteiger partial charge in [-0.15, -0.1) is 0 Å². The molecule has 0 saturated carbocycles. The van der Waals surface area contributed by atoms with Crippen molar-refractivity contribution in [1.82, 2.24) is 0 Å². The van der Waals surface area contributed by atoms with Crippen LogP contribution < -0.4 is 15.0 Å². The standard InChI is InChI=1S/C26H23FN2O3/c1-16(2)17-8-12-19(13-9-17)28-24-23(18-10-14-20(32-3)15-11-18)25(30)29(26(24)31)22-7-5-4-6-21(22)27/h4-16,28H,1-3H3. The van der Waals surface area contributed by atoms with Crippen molar-refractivity contribution in [2.24, 2.45) is 0 Å². The molecule has 0 radical (unpaired) electrons. The second-order valence-electron chi connectivity index (χ2n) is 7.78. The summed E-state index contributed by atoms with van der Waals surface area (Å²) in [5.41, 5.74) is 2.54. The molecule has 0 spiro atoms. The highest BCUT2D eigenvalue weighted by atomic mass is 19.1. The highest BCUT2D eigenvalue weighted by molar-refractivity contribution is 6.46. The summed E-state index contributed by atoms with van der Waals surface area (Å²) in [6.45, 7) is 4.19. The smallest absolute Gasteiger partial charge is 0.282 e. The van der Waals surface area contributed by atoms with Crippen LogP contribution in [0.15, 0.2) is 78.5 Å². The van der Waals surface area contributed by atoms with Gasteiger partial charge in [-0.1, -0.05) is 50.2 Å². The Morgan fingerprint density at radius 1 is 0.875 bits per heavy atom. The Morgan fingerprint density at radius 3 is 2.12 bits per heavy atom. The minimum Gasteiger partial charge on any atom is -0.497 e. The molecule has 0 bridgehead atoms. The second-order valence-corrected chi connectivity index (χ2v) is 7.78. The van der Waals surface area contributed by atoms with Gasteiger partial charge in [0.25, 0.3) is 11.8 Å². The van der Waals surface area contributed by atoms with Gasteiger partial charge in [0.1, 0.15) is 17.3 Å². The summed E-state index contributed by atoms with van der Waals surface area (Å²) in [7, 11) is 1.55. The number of amides is 2. The summed E-state index contributed by atoms with van der Waals surface area (Å²) in [6, 6.07) is 20.2.